The van der Waals surface area contributed by atoms with Crippen LogP contribution in [0.3, 0.4) is 0 Å². The maximum Gasteiger partial charge on any atom is 0.133 e. The van der Waals surface area contributed by atoms with Crippen LogP contribution < -0.4 is 0 Å². The molecule has 13 heavy (non-hydrogen) atoms. The molecule has 0 amide bonds. The number of rotatable bonds is 2. The SMILES string of the molecule is C#CCCC1CC(=O)CCC1(C)C. The van der Waals surface area contributed by atoms with Gasteiger partial charge in [0, 0.05) is 19.3 Å². The summed E-state index contributed by atoms with van der Waals surface area (Å²) in [5.74, 6) is 3.58. The van der Waals surface area contributed by atoms with E-state index in [1.807, 2.05) is 0 Å². The van der Waals surface area contributed by atoms with E-state index in [0.717, 1.165) is 32.1 Å². The summed E-state index contributed by atoms with van der Waals surface area (Å²) in [6.45, 7) is 4.50. The molecule has 1 rings (SSSR count). The smallest absolute Gasteiger partial charge is 0.133 e. The Bertz CT molecular complexity index is 232. The molecule has 0 bridgehead atoms. The molecule has 72 valence electrons. The predicted octanol–water partition coefficient (Wildman–Crippen LogP) is 2.80. The summed E-state index contributed by atoms with van der Waals surface area (Å²) in [4.78, 5) is 11.3. The first-order valence-electron chi connectivity index (χ1n) is 5.01. The van der Waals surface area contributed by atoms with Gasteiger partial charge in [-0.2, -0.15) is 0 Å². The highest BCUT2D eigenvalue weighted by Crippen LogP contribution is 2.41. The van der Waals surface area contributed by atoms with Crippen LogP contribution in [0.2, 0.25) is 0 Å². The van der Waals surface area contributed by atoms with Crippen LogP contribution >= 0.6 is 0 Å². The van der Waals surface area contributed by atoms with Crippen molar-refractivity contribution in [3.63, 3.8) is 0 Å². The van der Waals surface area contributed by atoms with Gasteiger partial charge in [0.2, 0.25) is 0 Å². The second-order valence-electron chi connectivity index (χ2n) is 4.67. The normalized spacial score (nSPS) is 26.8. The minimum absolute atomic E-state index is 0.310. The number of carbonyl (C=O) groups excluding carboxylic acids is 1. The second kappa shape index (κ2) is 3.96. The fourth-order valence-electron chi connectivity index (χ4n) is 2.07. The van der Waals surface area contributed by atoms with Gasteiger partial charge in [0.25, 0.3) is 0 Å². The van der Waals surface area contributed by atoms with Crippen LogP contribution in [-0.4, -0.2) is 5.78 Å². The third-order valence-corrected chi connectivity index (χ3v) is 3.26. The zero-order chi connectivity index (χ0) is 9.90. The van der Waals surface area contributed by atoms with Crippen molar-refractivity contribution in [1.82, 2.24) is 0 Å². The minimum Gasteiger partial charge on any atom is -0.300 e. The highest BCUT2D eigenvalue weighted by molar-refractivity contribution is 5.79. The lowest BCUT2D eigenvalue weighted by Crippen LogP contribution is -2.31. The van der Waals surface area contributed by atoms with Crippen molar-refractivity contribution in [3.8, 4) is 12.3 Å². The Hall–Kier alpha value is -0.770. The number of hydrogen-bond acceptors (Lipinski definition) is 1. The Labute approximate surface area is 80.9 Å². The van der Waals surface area contributed by atoms with Crippen LogP contribution in [0.4, 0.5) is 0 Å². The first-order valence-corrected chi connectivity index (χ1v) is 5.01. The molecule has 1 nitrogen and oxygen atoms in total. The van der Waals surface area contributed by atoms with Gasteiger partial charge in [-0.05, 0) is 24.2 Å². The molecular weight excluding hydrogens is 160 g/mol. The van der Waals surface area contributed by atoms with Crippen LogP contribution in [0.1, 0.15) is 46.0 Å². The molecule has 1 heteroatoms. The molecule has 0 heterocycles. The van der Waals surface area contributed by atoms with Gasteiger partial charge in [0.05, 0.1) is 0 Å². The van der Waals surface area contributed by atoms with Crippen molar-refractivity contribution in [2.75, 3.05) is 0 Å². The molecule has 0 saturated heterocycles. The zero-order valence-corrected chi connectivity index (χ0v) is 8.60. The number of hydrogen-bond donors (Lipinski definition) is 0. The third kappa shape index (κ3) is 2.59. The van der Waals surface area contributed by atoms with E-state index in [1.165, 1.54) is 0 Å². The molecule has 1 atom stereocenters. The van der Waals surface area contributed by atoms with E-state index in [-0.39, 0.29) is 0 Å². The van der Waals surface area contributed by atoms with Crippen LogP contribution in [-0.2, 0) is 4.79 Å². The van der Waals surface area contributed by atoms with Gasteiger partial charge in [0.15, 0.2) is 0 Å². The van der Waals surface area contributed by atoms with Gasteiger partial charge in [-0.3, -0.25) is 4.79 Å². The summed E-state index contributed by atoms with van der Waals surface area (Å²) in [6, 6.07) is 0. The number of Topliss-reactive ketones (excluding diaryl/α,β-unsaturated/α-hetero) is 1. The van der Waals surface area contributed by atoms with Gasteiger partial charge >= 0.3 is 0 Å². The molecule has 1 aliphatic carbocycles. The van der Waals surface area contributed by atoms with E-state index in [9.17, 15) is 4.79 Å². The summed E-state index contributed by atoms with van der Waals surface area (Å²) in [5.41, 5.74) is 0.310. The molecule has 1 saturated carbocycles. The van der Waals surface area contributed by atoms with Crippen molar-refractivity contribution in [1.29, 1.82) is 0 Å². The molecule has 0 radical (unpaired) electrons. The van der Waals surface area contributed by atoms with Crippen LogP contribution in [0.15, 0.2) is 0 Å². The van der Waals surface area contributed by atoms with E-state index < -0.39 is 0 Å². The Morgan fingerprint density at radius 1 is 1.62 bits per heavy atom. The first-order chi connectivity index (χ1) is 6.06. The summed E-state index contributed by atoms with van der Waals surface area (Å²) in [6.07, 6.45) is 9.59. The van der Waals surface area contributed by atoms with E-state index >= 15 is 0 Å². The first kappa shape index (κ1) is 10.3. The average molecular weight is 178 g/mol. The van der Waals surface area contributed by atoms with Crippen molar-refractivity contribution < 1.29 is 4.79 Å². The van der Waals surface area contributed by atoms with Gasteiger partial charge in [-0.15, -0.1) is 12.3 Å². The van der Waals surface area contributed by atoms with Crippen LogP contribution in [0.25, 0.3) is 0 Å². The largest absolute Gasteiger partial charge is 0.300 e. The standard InChI is InChI=1S/C12H18O/c1-4-5-6-10-9-11(13)7-8-12(10,2)3/h1,10H,5-9H2,2-3H3. The molecule has 0 aromatic rings. The predicted molar refractivity (Wildman–Crippen MR) is 54.2 cm³/mol. The zero-order valence-electron chi connectivity index (χ0n) is 8.60. The van der Waals surface area contributed by atoms with Crippen LogP contribution in [0.5, 0.6) is 0 Å². The molecule has 0 spiro atoms. The third-order valence-electron chi connectivity index (χ3n) is 3.26. The van der Waals surface area contributed by atoms with Crippen molar-refractivity contribution in [3.05, 3.63) is 0 Å². The van der Waals surface area contributed by atoms with Crippen molar-refractivity contribution in [2.45, 2.75) is 46.0 Å². The summed E-state index contributed by atoms with van der Waals surface area (Å²) in [7, 11) is 0. The maximum atomic E-state index is 11.3. The lowest BCUT2D eigenvalue weighted by atomic mass is 9.67. The van der Waals surface area contributed by atoms with Crippen molar-refractivity contribution >= 4 is 5.78 Å². The molecule has 0 aromatic carbocycles. The van der Waals surface area contributed by atoms with Gasteiger partial charge < -0.3 is 0 Å². The molecule has 1 aliphatic rings. The topological polar surface area (TPSA) is 17.1 Å². The molecule has 0 aromatic heterocycles. The second-order valence-corrected chi connectivity index (χ2v) is 4.67. The average Bonchev–Trinajstić information content (AvgIpc) is 2.07. The fourth-order valence-corrected chi connectivity index (χ4v) is 2.07. The highest BCUT2D eigenvalue weighted by atomic mass is 16.1. The van der Waals surface area contributed by atoms with Crippen LogP contribution in [0, 0.1) is 23.7 Å². The fraction of sp³-hybridized carbons (Fsp3) is 0.750. The minimum atomic E-state index is 0.310. The molecule has 1 unspecified atom stereocenters. The van der Waals surface area contributed by atoms with Gasteiger partial charge in [0.1, 0.15) is 5.78 Å². The lowest BCUT2D eigenvalue weighted by molar-refractivity contribution is -0.124. The number of ketones is 1. The van der Waals surface area contributed by atoms with Gasteiger partial charge in [-0.25, -0.2) is 0 Å². The van der Waals surface area contributed by atoms with E-state index in [1.54, 1.807) is 0 Å². The highest BCUT2D eigenvalue weighted by Gasteiger charge is 2.34. The number of carbonyl (C=O) groups is 1. The Kier molecular flexibility index (Phi) is 3.14. The summed E-state index contributed by atoms with van der Waals surface area (Å²) >= 11 is 0. The maximum absolute atomic E-state index is 11.3. The number of terminal acetylenes is 1. The summed E-state index contributed by atoms with van der Waals surface area (Å²) in [5, 5.41) is 0. The lowest BCUT2D eigenvalue weighted by Gasteiger charge is -2.37. The molecule has 1 fully saturated rings. The monoisotopic (exact) mass is 178 g/mol. The van der Waals surface area contributed by atoms with E-state index in [4.69, 9.17) is 6.42 Å². The molecular formula is C12H18O. The Morgan fingerprint density at radius 2 is 2.31 bits per heavy atom. The quantitative estimate of drug-likeness (QED) is 0.594. The summed E-state index contributed by atoms with van der Waals surface area (Å²) < 4.78 is 0. The Balaban J connectivity index is 2.56. The molecule has 0 N–H and O–H groups in total. The van der Waals surface area contributed by atoms with Gasteiger partial charge in [-0.1, -0.05) is 13.8 Å². The van der Waals surface area contributed by atoms with Crippen molar-refractivity contribution in [2.24, 2.45) is 11.3 Å². The van der Waals surface area contributed by atoms with E-state index in [2.05, 4.69) is 19.8 Å². The molecule has 0 aliphatic heterocycles. The van der Waals surface area contributed by atoms with E-state index in [0.29, 0.717) is 17.1 Å². The Morgan fingerprint density at radius 3 is 2.92 bits per heavy atom.